The minimum absolute atomic E-state index is 0.0276. The number of alkyl halides is 1. The van der Waals surface area contributed by atoms with Crippen LogP contribution < -0.4 is 24.0 Å². The van der Waals surface area contributed by atoms with E-state index < -0.39 is 39.5 Å². The molecule has 0 N–H and O–H groups in total. The lowest BCUT2D eigenvalue weighted by Gasteiger charge is -2.34. The van der Waals surface area contributed by atoms with Crippen LogP contribution in [-0.4, -0.2) is 89.5 Å². The lowest BCUT2D eigenvalue weighted by molar-refractivity contribution is -0.384. The molecule has 2 aromatic carbocycles. The molecule has 0 radical (unpaired) electrons. The molecule has 14 nitrogen and oxygen atoms in total. The zero-order chi connectivity index (χ0) is 39.8. The summed E-state index contributed by atoms with van der Waals surface area (Å²) >= 11 is 6.57. The molecule has 0 saturated carbocycles. The number of fused-ring (bicyclic) bond motifs is 1. The number of benzene rings is 2. The van der Waals surface area contributed by atoms with E-state index in [2.05, 4.69) is 19.8 Å². The molecule has 2 fully saturated rings. The molecule has 2 aromatic heterocycles. The van der Waals surface area contributed by atoms with Crippen LogP contribution in [0.2, 0.25) is 5.15 Å². The summed E-state index contributed by atoms with van der Waals surface area (Å²) in [6.07, 6.45) is 2.57. The highest BCUT2D eigenvalue weighted by atomic mass is 35.5. The Hall–Kier alpha value is -5.28. The van der Waals surface area contributed by atoms with E-state index in [9.17, 15) is 19.3 Å². The van der Waals surface area contributed by atoms with Gasteiger partial charge in [0.25, 0.3) is 0 Å². The standard InChI is InChI=1S/C40H47ClFN7O7/c1-5-55-34(50)17-21-48(38-35(49(51)52)36(41)44-39(45-38)56-26-40-18-7-20-47(40)25-30(42)22-40)27(2)33-8-6-19-43-37(33)46(23-28-9-13-31(53-3)14-10-28)24-29-11-15-32(54-4)16-12-29/h6,8-16,19,27,30H,5,7,17-18,20-26H2,1-4H3/t27?,30-,40+/m1/s1. The van der Waals surface area contributed by atoms with Gasteiger partial charge in [-0.3, -0.25) is 19.8 Å². The second-order valence-corrected chi connectivity index (χ2v) is 14.3. The first-order chi connectivity index (χ1) is 27.0. The molecule has 4 aromatic rings. The van der Waals surface area contributed by atoms with Crippen molar-refractivity contribution in [1.82, 2.24) is 19.9 Å². The molecule has 0 spiro atoms. The number of halogens is 2. The van der Waals surface area contributed by atoms with Crippen LogP contribution in [0.5, 0.6) is 17.5 Å². The molecule has 56 heavy (non-hydrogen) atoms. The van der Waals surface area contributed by atoms with Crippen LogP contribution in [0, 0.1) is 10.1 Å². The lowest BCUT2D eigenvalue weighted by atomic mass is 9.95. The van der Waals surface area contributed by atoms with Gasteiger partial charge in [-0.2, -0.15) is 9.97 Å². The number of carbonyl (C=O) groups is 1. The van der Waals surface area contributed by atoms with Crippen molar-refractivity contribution in [3.8, 4) is 17.5 Å². The van der Waals surface area contributed by atoms with Crippen molar-refractivity contribution in [2.45, 2.75) is 70.4 Å². The zero-order valence-electron chi connectivity index (χ0n) is 32.0. The Balaban J connectivity index is 1.40. The van der Waals surface area contributed by atoms with Gasteiger partial charge in [0.05, 0.1) is 43.8 Å². The molecular formula is C40H47ClFN7O7. The van der Waals surface area contributed by atoms with Gasteiger partial charge >= 0.3 is 17.7 Å². The predicted octanol–water partition coefficient (Wildman–Crippen LogP) is 7.13. The van der Waals surface area contributed by atoms with E-state index in [4.69, 9.17) is 35.5 Å². The molecule has 4 heterocycles. The third-order valence-corrected chi connectivity index (χ3v) is 10.7. The van der Waals surface area contributed by atoms with Gasteiger partial charge in [-0.15, -0.1) is 0 Å². The SMILES string of the molecule is CCOC(=O)CCN(c1nc(OC[C@@]23CCCN2C[C@H](F)C3)nc(Cl)c1[N+](=O)[O-])C(C)c1cccnc1N(Cc1ccc(OC)cc1)Cc1ccc(OC)cc1. The fourth-order valence-electron chi connectivity index (χ4n) is 7.67. The Morgan fingerprint density at radius 2 is 1.71 bits per heavy atom. The van der Waals surface area contributed by atoms with Crippen LogP contribution in [0.3, 0.4) is 0 Å². The van der Waals surface area contributed by atoms with Gasteiger partial charge in [0.15, 0.2) is 0 Å². The maximum Gasteiger partial charge on any atom is 0.348 e. The smallest absolute Gasteiger partial charge is 0.348 e. The molecule has 16 heteroatoms. The number of pyridine rings is 1. The van der Waals surface area contributed by atoms with Crippen molar-refractivity contribution >= 4 is 34.9 Å². The Kier molecular flexibility index (Phi) is 13.1. The maximum absolute atomic E-state index is 14.6. The fourth-order valence-corrected chi connectivity index (χ4v) is 7.90. The molecule has 0 amide bonds. The lowest BCUT2D eigenvalue weighted by Crippen LogP contribution is -2.43. The normalized spacial score (nSPS) is 18.2. The Morgan fingerprint density at radius 1 is 1.05 bits per heavy atom. The number of hydrogen-bond acceptors (Lipinski definition) is 13. The van der Waals surface area contributed by atoms with E-state index in [1.807, 2.05) is 61.5 Å². The molecular weight excluding hydrogens is 745 g/mol. The number of hydrogen-bond donors (Lipinski definition) is 0. The predicted molar refractivity (Wildman–Crippen MR) is 209 cm³/mol. The highest BCUT2D eigenvalue weighted by Gasteiger charge is 2.49. The summed E-state index contributed by atoms with van der Waals surface area (Å²) in [4.78, 5) is 44.3. The van der Waals surface area contributed by atoms with Crippen LogP contribution in [-0.2, 0) is 22.6 Å². The summed E-state index contributed by atoms with van der Waals surface area (Å²) in [5.41, 5.74) is 1.62. The largest absolute Gasteiger partial charge is 0.497 e. The van der Waals surface area contributed by atoms with Crippen molar-refractivity contribution in [2.75, 3.05) is 56.9 Å². The number of ether oxygens (including phenoxy) is 4. The van der Waals surface area contributed by atoms with Crippen LogP contribution in [0.15, 0.2) is 66.9 Å². The summed E-state index contributed by atoms with van der Waals surface area (Å²) in [7, 11) is 3.23. The number of nitro groups is 1. The molecule has 6 rings (SSSR count). The van der Waals surface area contributed by atoms with Crippen molar-refractivity contribution in [3.63, 3.8) is 0 Å². The van der Waals surface area contributed by atoms with Crippen LogP contribution in [0.25, 0.3) is 0 Å². The first-order valence-corrected chi connectivity index (χ1v) is 19.0. The quantitative estimate of drug-likeness (QED) is 0.0436. The molecule has 0 bridgehead atoms. The molecule has 2 saturated heterocycles. The Labute approximate surface area is 330 Å². The van der Waals surface area contributed by atoms with Gasteiger partial charge in [0.1, 0.15) is 30.1 Å². The van der Waals surface area contributed by atoms with Gasteiger partial charge in [0.2, 0.25) is 11.0 Å². The minimum atomic E-state index is -0.974. The monoisotopic (exact) mass is 791 g/mol. The third-order valence-electron chi connectivity index (χ3n) is 10.4. The third kappa shape index (κ3) is 9.22. The average molecular weight is 792 g/mol. The van der Waals surface area contributed by atoms with E-state index >= 15 is 0 Å². The summed E-state index contributed by atoms with van der Waals surface area (Å²) in [6, 6.07) is 18.3. The second kappa shape index (κ2) is 18.1. The molecule has 0 aliphatic carbocycles. The number of methoxy groups -OCH3 is 2. The van der Waals surface area contributed by atoms with Gasteiger partial charge < -0.3 is 28.7 Å². The molecule has 1 unspecified atom stereocenters. The number of esters is 1. The highest BCUT2D eigenvalue weighted by Crippen LogP contribution is 2.42. The van der Waals surface area contributed by atoms with Crippen LogP contribution in [0.1, 0.15) is 62.3 Å². The number of nitrogens with zero attached hydrogens (tertiary/aromatic N) is 7. The number of anilines is 2. The van der Waals surface area contributed by atoms with Crippen molar-refractivity contribution in [1.29, 1.82) is 0 Å². The molecule has 3 atom stereocenters. The number of rotatable bonds is 18. The van der Waals surface area contributed by atoms with E-state index in [0.717, 1.165) is 42.0 Å². The maximum atomic E-state index is 14.6. The van der Waals surface area contributed by atoms with Gasteiger partial charge in [-0.05, 0) is 74.7 Å². The molecule has 2 aliphatic rings. The summed E-state index contributed by atoms with van der Waals surface area (Å²) in [5, 5.41) is 12.3. The van der Waals surface area contributed by atoms with Crippen molar-refractivity contribution in [2.24, 2.45) is 0 Å². The van der Waals surface area contributed by atoms with Crippen LogP contribution >= 0.6 is 11.6 Å². The summed E-state index contributed by atoms with van der Waals surface area (Å²) in [6.45, 7) is 5.80. The van der Waals surface area contributed by atoms with Gasteiger partial charge in [-0.1, -0.05) is 41.9 Å². The topological polar surface area (TPSA) is 146 Å². The molecule has 2 aliphatic heterocycles. The van der Waals surface area contributed by atoms with Gasteiger partial charge in [-0.25, -0.2) is 9.37 Å². The molecule has 298 valence electrons. The number of carbonyl (C=O) groups excluding carboxylic acids is 1. The summed E-state index contributed by atoms with van der Waals surface area (Å²) in [5.74, 6) is 1.43. The van der Waals surface area contributed by atoms with Crippen LogP contribution in [0.4, 0.5) is 21.7 Å². The first kappa shape index (κ1) is 40.4. The summed E-state index contributed by atoms with van der Waals surface area (Å²) < 4.78 is 36.7. The Morgan fingerprint density at radius 3 is 2.32 bits per heavy atom. The van der Waals surface area contributed by atoms with E-state index in [1.54, 1.807) is 38.3 Å². The zero-order valence-corrected chi connectivity index (χ0v) is 32.8. The van der Waals surface area contributed by atoms with Crippen molar-refractivity contribution < 1.29 is 33.1 Å². The highest BCUT2D eigenvalue weighted by molar-refractivity contribution is 6.32. The van der Waals surface area contributed by atoms with E-state index in [0.29, 0.717) is 37.4 Å². The first-order valence-electron chi connectivity index (χ1n) is 18.7. The number of aromatic nitrogens is 3. The second-order valence-electron chi connectivity index (χ2n) is 14.0. The Bertz CT molecular complexity index is 1930. The van der Waals surface area contributed by atoms with E-state index in [1.165, 1.54) is 0 Å². The minimum Gasteiger partial charge on any atom is -0.497 e. The van der Waals surface area contributed by atoms with Gasteiger partial charge in [0, 0.05) is 44.4 Å². The van der Waals surface area contributed by atoms with E-state index in [-0.39, 0.29) is 38.0 Å². The fraction of sp³-hybridized carbons (Fsp3) is 0.450. The average Bonchev–Trinajstić information content (AvgIpc) is 3.72. The van der Waals surface area contributed by atoms with Crippen molar-refractivity contribution in [3.05, 3.63) is 98.8 Å².